The smallest absolute Gasteiger partial charge is 0.0663 e. The molecule has 0 radical (unpaired) electrons. The van der Waals surface area contributed by atoms with E-state index in [1.807, 2.05) is 40.8 Å². The molecule has 6 aromatic rings. The van der Waals surface area contributed by atoms with Gasteiger partial charge in [0.2, 0.25) is 0 Å². The molecule has 0 saturated heterocycles. The summed E-state index contributed by atoms with van der Waals surface area (Å²) in [5.41, 5.74) is 12.2. The maximum absolute atomic E-state index is 4.73. The van der Waals surface area contributed by atoms with E-state index in [-0.39, 0.29) is 0 Å². The molecule has 0 fully saturated rings. The maximum Gasteiger partial charge on any atom is 0.0663 e. The molecule has 1 nitrogen and oxygen atoms in total. The minimum absolute atomic E-state index is 1.02. The second kappa shape index (κ2) is 15.1. The second-order valence-corrected chi connectivity index (χ2v) is 10.3. The van der Waals surface area contributed by atoms with Crippen LogP contribution in [0.4, 0.5) is 5.69 Å². The molecule has 1 heteroatoms. The molecule has 0 bridgehead atoms. The number of allylic oxidation sites excluding steroid dienone is 1. The maximum atomic E-state index is 4.73. The van der Waals surface area contributed by atoms with E-state index in [0.717, 1.165) is 5.69 Å². The highest BCUT2D eigenvalue weighted by molar-refractivity contribution is 6.22. The summed E-state index contributed by atoms with van der Waals surface area (Å²) in [6.45, 7) is 16.4. The summed E-state index contributed by atoms with van der Waals surface area (Å²) in [5.74, 6) is 0. The van der Waals surface area contributed by atoms with Crippen LogP contribution < -0.4 is 0 Å². The zero-order chi connectivity index (χ0) is 31.6. The van der Waals surface area contributed by atoms with E-state index in [2.05, 4.69) is 142 Å². The zero-order valence-corrected chi connectivity index (χ0v) is 27.6. The number of aliphatic imine (C=N–C) groups is 1. The number of rotatable bonds is 5. The summed E-state index contributed by atoms with van der Waals surface area (Å²) in [6, 6.07) is 39.7. The highest BCUT2D eigenvalue weighted by Gasteiger charge is 2.19. The van der Waals surface area contributed by atoms with Crippen molar-refractivity contribution in [2.45, 2.75) is 55.4 Å². The van der Waals surface area contributed by atoms with Gasteiger partial charge in [0.1, 0.15) is 0 Å². The molecule has 6 aromatic carbocycles. The van der Waals surface area contributed by atoms with Crippen molar-refractivity contribution in [2.75, 3.05) is 0 Å². The minimum Gasteiger partial charge on any atom is -0.261 e. The summed E-state index contributed by atoms with van der Waals surface area (Å²) in [7, 11) is 0. The first-order valence-electron chi connectivity index (χ1n) is 16.0. The lowest BCUT2D eigenvalue weighted by atomic mass is 9.84. The Morgan fingerprint density at radius 3 is 1.52 bits per heavy atom. The minimum atomic E-state index is 1.02. The number of nitrogens with zero attached hydrogens (tertiary/aromatic N) is 1. The molecule has 0 atom stereocenters. The molecule has 0 unspecified atom stereocenters. The van der Waals surface area contributed by atoms with Crippen molar-refractivity contribution in [3.8, 4) is 33.4 Å². The lowest BCUT2D eigenvalue weighted by Gasteiger charge is -2.20. The van der Waals surface area contributed by atoms with Gasteiger partial charge in [-0.25, -0.2) is 0 Å². The topological polar surface area (TPSA) is 12.4 Å². The highest BCUT2D eigenvalue weighted by Crippen LogP contribution is 2.45. The molecule has 0 aliphatic rings. The van der Waals surface area contributed by atoms with E-state index in [9.17, 15) is 0 Å². The van der Waals surface area contributed by atoms with Crippen LogP contribution in [0.5, 0.6) is 0 Å². The third kappa shape index (κ3) is 6.15. The van der Waals surface area contributed by atoms with Crippen molar-refractivity contribution >= 4 is 39.5 Å². The Labute approximate surface area is 264 Å². The molecule has 0 aromatic heterocycles. The molecule has 0 amide bonds. The van der Waals surface area contributed by atoms with E-state index in [4.69, 9.17) is 4.99 Å². The Morgan fingerprint density at radius 1 is 0.500 bits per heavy atom. The summed E-state index contributed by atoms with van der Waals surface area (Å²) in [5, 5.41) is 5.05. The van der Waals surface area contributed by atoms with Gasteiger partial charge in [-0.15, -0.1) is 0 Å². The van der Waals surface area contributed by atoms with Gasteiger partial charge in [0, 0.05) is 6.21 Å². The third-order valence-corrected chi connectivity index (χ3v) is 7.98. The zero-order valence-electron chi connectivity index (χ0n) is 27.6. The Kier molecular flexibility index (Phi) is 11.1. The Balaban J connectivity index is 0.00000106. The normalized spacial score (nSPS) is 11.0. The molecule has 44 heavy (non-hydrogen) atoms. The first-order chi connectivity index (χ1) is 21.6. The van der Waals surface area contributed by atoms with Crippen molar-refractivity contribution < 1.29 is 0 Å². The molecule has 0 spiro atoms. The molecule has 0 N–H and O–H groups in total. The van der Waals surface area contributed by atoms with Crippen LogP contribution in [0.25, 0.3) is 61.0 Å². The average molecular weight is 576 g/mol. The van der Waals surface area contributed by atoms with Gasteiger partial charge in [-0.3, -0.25) is 4.99 Å². The number of hydrogen-bond donors (Lipinski definition) is 0. The van der Waals surface area contributed by atoms with Crippen LogP contribution in [0, 0.1) is 13.8 Å². The fourth-order valence-electron chi connectivity index (χ4n) is 5.99. The molecule has 6 rings (SSSR count). The van der Waals surface area contributed by atoms with Crippen molar-refractivity contribution in [3.63, 3.8) is 0 Å². The van der Waals surface area contributed by atoms with E-state index >= 15 is 0 Å². The van der Waals surface area contributed by atoms with Crippen LogP contribution in [0.1, 0.15) is 58.2 Å². The van der Waals surface area contributed by atoms with Crippen LogP contribution in [0.2, 0.25) is 0 Å². The number of hydrogen-bond acceptors (Lipinski definition) is 1. The molecular formula is C43H45N. The van der Waals surface area contributed by atoms with Gasteiger partial charge in [0.15, 0.2) is 0 Å². The first-order valence-corrected chi connectivity index (χ1v) is 16.0. The molecule has 0 aliphatic carbocycles. The molecule has 0 saturated carbocycles. The van der Waals surface area contributed by atoms with Gasteiger partial charge >= 0.3 is 0 Å². The predicted molar refractivity (Wildman–Crippen MR) is 198 cm³/mol. The fourth-order valence-corrected chi connectivity index (χ4v) is 5.99. The monoisotopic (exact) mass is 575 g/mol. The number of fused-ring (bicyclic) bond motifs is 2. The van der Waals surface area contributed by atoms with Gasteiger partial charge < -0.3 is 0 Å². The fraction of sp³-hybridized carbons (Fsp3) is 0.186. The van der Waals surface area contributed by atoms with Crippen LogP contribution >= 0.6 is 0 Å². The van der Waals surface area contributed by atoms with E-state index in [1.165, 1.54) is 71.6 Å². The Bertz CT molecular complexity index is 1910. The van der Waals surface area contributed by atoms with Crippen LogP contribution in [-0.2, 0) is 0 Å². The average Bonchev–Trinajstić information content (AvgIpc) is 3.09. The summed E-state index contributed by atoms with van der Waals surface area (Å²) in [6.07, 6.45) is 6.24. The second-order valence-electron chi connectivity index (χ2n) is 10.3. The molecule has 222 valence electrons. The van der Waals surface area contributed by atoms with Gasteiger partial charge in [-0.2, -0.15) is 0 Å². The molecule has 0 aliphatic heterocycles. The van der Waals surface area contributed by atoms with Crippen LogP contribution in [0.3, 0.4) is 0 Å². The van der Waals surface area contributed by atoms with Crippen molar-refractivity contribution in [1.82, 2.24) is 0 Å². The largest absolute Gasteiger partial charge is 0.261 e. The highest BCUT2D eigenvalue weighted by atomic mass is 14.7. The first kappa shape index (κ1) is 32.2. The van der Waals surface area contributed by atoms with Gasteiger partial charge in [0.25, 0.3) is 0 Å². The Morgan fingerprint density at radius 2 is 1.00 bits per heavy atom. The van der Waals surface area contributed by atoms with Gasteiger partial charge in [0.05, 0.1) is 5.69 Å². The van der Waals surface area contributed by atoms with Gasteiger partial charge in [-0.1, -0.05) is 137 Å². The lowest BCUT2D eigenvalue weighted by Crippen LogP contribution is -1.95. The van der Waals surface area contributed by atoms with Crippen LogP contribution in [-0.4, -0.2) is 6.21 Å². The number of benzene rings is 6. The third-order valence-electron chi connectivity index (χ3n) is 7.98. The van der Waals surface area contributed by atoms with E-state index < -0.39 is 0 Å². The summed E-state index contributed by atoms with van der Waals surface area (Å²) >= 11 is 0. The van der Waals surface area contributed by atoms with Gasteiger partial charge in [-0.05, 0) is 111 Å². The van der Waals surface area contributed by atoms with Crippen molar-refractivity contribution in [2.24, 2.45) is 4.99 Å². The SMILES string of the molecule is CC.CC.CC=Nc1cc(-c2ccc3c(-c4ccccc4)c4ccccc4c(-c4ccccc4)c3c2)c(/C=C\C)c(C)c1C. The lowest BCUT2D eigenvalue weighted by molar-refractivity contribution is 1.30. The standard InChI is InChI=1S/C39H33N.2C2H6/c1-5-15-31-26(3)27(4)37(40-6-2)25-35(31)30-22-23-34-36(24-30)39(29-18-11-8-12-19-29)33-21-14-13-20-32(33)38(34)28-16-9-7-10-17-28;2*1-2/h5-25H,1-4H3;2*1-2H3/b15-5-,40-6?;;. The molecular weight excluding hydrogens is 530 g/mol. The predicted octanol–water partition coefficient (Wildman–Crippen LogP) is 13.4. The molecule has 0 heterocycles. The quantitative estimate of drug-likeness (QED) is 0.143. The van der Waals surface area contributed by atoms with E-state index in [0.29, 0.717) is 0 Å². The van der Waals surface area contributed by atoms with Crippen LogP contribution in [0.15, 0.2) is 120 Å². The van der Waals surface area contributed by atoms with E-state index in [1.54, 1.807) is 0 Å². The van der Waals surface area contributed by atoms with Crippen molar-refractivity contribution in [1.29, 1.82) is 0 Å². The summed E-state index contributed by atoms with van der Waals surface area (Å²) in [4.78, 5) is 4.73. The van der Waals surface area contributed by atoms with Crippen molar-refractivity contribution in [3.05, 3.63) is 132 Å². The Hall–Kier alpha value is -4.75. The summed E-state index contributed by atoms with van der Waals surface area (Å²) < 4.78 is 0.